The van der Waals surface area contributed by atoms with Gasteiger partial charge in [-0.2, -0.15) is 0 Å². The Morgan fingerprint density at radius 3 is 2.55 bits per heavy atom. The number of nitrogen functional groups attached to an aromatic ring is 1. The minimum atomic E-state index is -0.280. The lowest BCUT2D eigenvalue weighted by Gasteiger charge is -2.38. The van der Waals surface area contributed by atoms with Crippen LogP contribution in [0.5, 0.6) is 0 Å². The highest BCUT2D eigenvalue weighted by atomic mass is 16.5. The first kappa shape index (κ1) is 13.5. The van der Waals surface area contributed by atoms with Crippen molar-refractivity contribution >= 4 is 11.7 Å². The molecule has 3 rings (SSSR count). The van der Waals surface area contributed by atoms with Crippen LogP contribution in [0.3, 0.4) is 0 Å². The fourth-order valence-electron chi connectivity index (χ4n) is 4.18. The van der Waals surface area contributed by atoms with Crippen LogP contribution >= 0.6 is 0 Å². The van der Waals surface area contributed by atoms with E-state index in [1.165, 1.54) is 6.42 Å². The van der Waals surface area contributed by atoms with Gasteiger partial charge in [0.15, 0.2) is 0 Å². The third-order valence-electron chi connectivity index (χ3n) is 6.14. The molecule has 108 valence electrons. The number of nitrogens with two attached hydrogens (primary N) is 1. The van der Waals surface area contributed by atoms with Crippen molar-refractivity contribution in [3.05, 3.63) is 29.8 Å². The van der Waals surface area contributed by atoms with Gasteiger partial charge >= 0.3 is 5.97 Å². The van der Waals surface area contributed by atoms with Crippen molar-refractivity contribution in [1.82, 2.24) is 0 Å². The zero-order valence-corrected chi connectivity index (χ0v) is 12.5. The molecular weight excluding hydrogens is 250 g/mol. The second kappa shape index (κ2) is 4.24. The summed E-state index contributed by atoms with van der Waals surface area (Å²) in [6, 6.07) is 7.12. The predicted octanol–water partition coefficient (Wildman–Crippen LogP) is 3.64. The van der Waals surface area contributed by atoms with Gasteiger partial charge in [-0.15, -0.1) is 0 Å². The molecule has 0 heterocycles. The molecule has 20 heavy (non-hydrogen) atoms. The summed E-state index contributed by atoms with van der Waals surface area (Å²) in [5.41, 5.74) is 7.18. The highest BCUT2D eigenvalue weighted by Crippen LogP contribution is 2.66. The molecule has 2 N–H and O–H groups in total. The number of fused-ring (bicyclic) bond motifs is 2. The molecule has 2 fully saturated rings. The summed E-state index contributed by atoms with van der Waals surface area (Å²) in [6.45, 7) is 6.90. The summed E-state index contributed by atoms with van der Waals surface area (Å²) in [5, 5.41) is 0. The van der Waals surface area contributed by atoms with Crippen molar-refractivity contribution in [2.45, 2.75) is 46.1 Å². The van der Waals surface area contributed by atoms with Gasteiger partial charge in [0.05, 0.1) is 5.56 Å². The Morgan fingerprint density at radius 1 is 1.30 bits per heavy atom. The fraction of sp³-hybridized carbons (Fsp3) is 0.588. The zero-order valence-electron chi connectivity index (χ0n) is 12.5. The van der Waals surface area contributed by atoms with Gasteiger partial charge in [-0.05, 0) is 42.7 Å². The molecule has 2 aliphatic rings. The molecule has 2 saturated carbocycles. The largest absolute Gasteiger partial charge is 0.458 e. The van der Waals surface area contributed by atoms with E-state index in [1.54, 1.807) is 12.1 Å². The van der Waals surface area contributed by atoms with Gasteiger partial charge < -0.3 is 10.5 Å². The maximum absolute atomic E-state index is 12.3. The van der Waals surface area contributed by atoms with Crippen LogP contribution in [0.4, 0.5) is 5.69 Å². The van der Waals surface area contributed by atoms with E-state index in [-0.39, 0.29) is 22.9 Å². The lowest BCUT2D eigenvalue weighted by Crippen LogP contribution is -2.38. The van der Waals surface area contributed by atoms with Crippen LogP contribution in [0.15, 0.2) is 24.3 Å². The number of rotatable bonds is 2. The Morgan fingerprint density at radius 2 is 2.00 bits per heavy atom. The summed E-state index contributed by atoms with van der Waals surface area (Å²) >= 11 is 0. The normalized spacial score (nSPS) is 34.1. The van der Waals surface area contributed by atoms with Crippen LogP contribution in [-0.4, -0.2) is 12.1 Å². The van der Waals surface area contributed by atoms with Crippen molar-refractivity contribution in [3.63, 3.8) is 0 Å². The molecule has 2 bridgehead atoms. The summed E-state index contributed by atoms with van der Waals surface area (Å²) < 4.78 is 5.83. The van der Waals surface area contributed by atoms with E-state index in [2.05, 4.69) is 20.8 Å². The Kier molecular flexibility index (Phi) is 2.86. The van der Waals surface area contributed by atoms with E-state index < -0.39 is 0 Å². The van der Waals surface area contributed by atoms with E-state index in [0.717, 1.165) is 12.8 Å². The molecule has 3 heteroatoms. The van der Waals surface area contributed by atoms with E-state index in [1.807, 2.05) is 12.1 Å². The van der Waals surface area contributed by atoms with E-state index in [9.17, 15) is 4.79 Å². The monoisotopic (exact) mass is 273 g/mol. The first-order chi connectivity index (χ1) is 9.36. The Balaban J connectivity index is 1.81. The molecule has 1 aromatic rings. The number of benzene rings is 1. The molecule has 2 aliphatic carbocycles. The summed E-state index contributed by atoms with van der Waals surface area (Å²) in [4.78, 5) is 12.3. The number of para-hydroxylation sites is 1. The number of hydrogen-bond acceptors (Lipinski definition) is 3. The maximum Gasteiger partial charge on any atom is 0.340 e. The fourth-order valence-corrected chi connectivity index (χ4v) is 4.18. The quantitative estimate of drug-likeness (QED) is 0.661. The highest BCUT2D eigenvalue weighted by Gasteiger charge is 2.62. The number of hydrogen-bond donors (Lipinski definition) is 1. The van der Waals surface area contributed by atoms with Crippen LogP contribution < -0.4 is 5.73 Å². The molecule has 1 aromatic carbocycles. The second-order valence-electron chi connectivity index (χ2n) is 7.09. The molecule has 0 radical (unpaired) electrons. The molecule has 0 amide bonds. The molecule has 0 saturated heterocycles. The van der Waals surface area contributed by atoms with Gasteiger partial charge in [0.2, 0.25) is 0 Å². The average Bonchev–Trinajstić information content (AvgIpc) is 2.72. The lowest BCUT2D eigenvalue weighted by molar-refractivity contribution is -0.0241. The van der Waals surface area contributed by atoms with Crippen molar-refractivity contribution in [2.75, 3.05) is 5.73 Å². The van der Waals surface area contributed by atoms with E-state index in [0.29, 0.717) is 17.2 Å². The Hall–Kier alpha value is -1.51. The SMILES string of the molecule is CC1(C)C2CCC1(C)C(OC(=O)c1ccccc1N)C2. The third-order valence-corrected chi connectivity index (χ3v) is 6.14. The van der Waals surface area contributed by atoms with Crippen LogP contribution in [0, 0.1) is 16.7 Å². The van der Waals surface area contributed by atoms with Crippen LogP contribution in [-0.2, 0) is 4.74 Å². The van der Waals surface area contributed by atoms with Crippen molar-refractivity contribution in [2.24, 2.45) is 16.7 Å². The number of ether oxygens (including phenoxy) is 1. The number of esters is 1. The highest BCUT2D eigenvalue weighted by molar-refractivity contribution is 5.95. The van der Waals surface area contributed by atoms with E-state index in [4.69, 9.17) is 10.5 Å². The van der Waals surface area contributed by atoms with Gasteiger partial charge in [-0.1, -0.05) is 32.9 Å². The Labute approximate surface area is 120 Å². The standard InChI is InChI=1S/C17H23NO2/c1-16(2)11-8-9-17(16,3)14(10-11)20-15(19)12-6-4-5-7-13(12)18/h4-7,11,14H,8-10,18H2,1-3H3. The molecule has 0 aliphatic heterocycles. The van der Waals surface area contributed by atoms with Crippen LogP contribution in [0.25, 0.3) is 0 Å². The predicted molar refractivity (Wildman–Crippen MR) is 79.3 cm³/mol. The van der Waals surface area contributed by atoms with Crippen LogP contribution in [0.1, 0.15) is 50.4 Å². The minimum absolute atomic E-state index is 0.0170. The smallest absolute Gasteiger partial charge is 0.340 e. The minimum Gasteiger partial charge on any atom is -0.458 e. The number of anilines is 1. The first-order valence-corrected chi connectivity index (χ1v) is 7.42. The lowest BCUT2D eigenvalue weighted by atomic mass is 9.70. The number of carbonyl (C=O) groups is 1. The maximum atomic E-state index is 12.3. The molecule has 0 aromatic heterocycles. The molecule has 3 unspecified atom stereocenters. The van der Waals surface area contributed by atoms with Crippen molar-refractivity contribution < 1.29 is 9.53 Å². The zero-order chi connectivity index (χ0) is 14.5. The van der Waals surface area contributed by atoms with Gasteiger partial charge in [-0.25, -0.2) is 4.79 Å². The number of carbonyl (C=O) groups excluding carboxylic acids is 1. The van der Waals surface area contributed by atoms with Crippen molar-refractivity contribution in [1.29, 1.82) is 0 Å². The second-order valence-corrected chi connectivity index (χ2v) is 7.09. The van der Waals surface area contributed by atoms with Gasteiger partial charge in [0.25, 0.3) is 0 Å². The topological polar surface area (TPSA) is 52.3 Å². The molecular formula is C17H23NO2. The summed E-state index contributed by atoms with van der Waals surface area (Å²) in [6.07, 6.45) is 3.41. The Bertz CT molecular complexity index is 552. The average molecular weight is 273 g/mol. The van der Waals surface area contributed by atoms with Crippen LogP contribution in [0.2, 0.25) is 0 Å². The van der Waals surface area contributed by atoms with Gasteiger partial charge in [0.1, 0.15) is 6.10 Å². The molecule has 3 atom stereocenters. The third kappa shape index (κ3) is 1.68. The first-order valence-electron chi connectivity index (χ1n) is 7.42. The molecule has 0 spiro atoms. The van der Waals surface area contributed by atoms with Crippen molar-refractivity contribution in [3.8, 4) is 0 Å². The van der Waals surface area contributed by atoms with E-state index >= 15 is 0 Å². The summed E-state index contributed by atoms with van der Waals surface area (Å²) in [5.74, 6) is 0.385. The van der Waals surface area contributed by atoms with Gasteiger partial charge in [0, 0.05) is 11.1 Å². The summed E-state index contributed by atoms with van der Waals surface area (Å²) in [7, 11) is 0. The molecule has 3 nitrogen and oxygen atoms in total. The van der Waals surface area contributed by atoms with Gasteiger partial charge in [-0.3, -0.25) is 0 Å².